The molecule has 0 amide bonds. The van der Waals surface area contributed by atoms with Crippen LogP contribution < -0.4 is 10.5 Å². The van der Waals surface area contributed by atoms with Crippen molar-refractivity contribution in [2.45, 2.75) is 18.4 Å². The maximum Gasteiger partial charge on any atom is 0.343 e. The maximum absolute atomic E-state index is 11.9. The molecule has 0 radical (unpaired) electrons. The standard InChI is InChI=1S/C16H15NO2/c17-15-10-14(15)11-6-8-13(9-7-11)19-16(18)12-4-2-1-3-5-12/h1-9,14-15H,10,17H2. The van der Waals surface area contributed by atoms with E-state index < -0.39 is 0 Å². The van der Waals surface area contributed by atoms with Gasteiger partial charge in [-0.2, -0.15) is 0 Å². The van der Waals surface area contributed by atoms with Crippen LogP contribution in [0.5, 0.6) is 5.75 Å². The molecule has 0 heterocycles. The van der Waals surface area contributed by atoms with E-state index in [1.807, 2.05) is 42.5 Å². The Labute approximate surface area is 112 Å². The highest BCUT2D eigenvalue weighted by Gasteiger charge is 2.34. The first-order valence-electron chi connectivity index (χ1n) is 6.37. The van der Waals surface area contributed by atoms with Crippen molar-refractivity contribution in [3.05, 3.63) is 65.7 Å². The molecule has 1 fully saturated rings. The number of hydrogen-bond donors (Lipinski definition) is 1. The fraction of sp³-hybridized carbons (Fsp3) is 0.188. The van der Waals surface area contributed by atoms with Crippen molar-refractivity contribution in [2.75, 3.05) is 0 Å². The van der Waals surface area contributed by atoms with Crippen molar-refractivity contribution in [1.29, 1.82) is 0 Å². The lowest BCUT2D eigenvalue weighted by Crippen LogP contribution is -2.08. The van der Waals surface area contributed by atoms with Crippen LogP contribution in [0.25, 0.3) is 0 Å². The highest BCUT2D eigenvalue weighted by molar-refractivity contribution is 5.90. The molecule has 2 unspecified atom stereocenters. The number of carbonyl (C=O) groups is 1. The molecular weight excluding hydrogens is 238 g/mol. The number of carbonyl (C=O) groups excluding carboxylic acids is 1. The van der Waals surface area contributed by atoms with E-state index in [0.717, 1.165) is 6.42 Å². The molecule has 96 valence electrons. The summed E-state index contributed by atoms with van der Waals surface area (Å²) in [4.78, 5) is 11.9. The second-order valence-electron chi connectivity index (χ2n) is 4.83. The number of nitrogens with two attached hydrogens (primary N) is 1. The highest BCUT2D eigenvalue weighted by Crippen LogP contribution is 2.39. The van der Waals surface area contributed by atoms with Gasteiger partial charge in [-0.3, -0.25) is 0 Å². The first-order chi connectivity index (χ1) is 9.24. The quantitative estimate of drug-likeness (QED) is 0.676. The van der Waals surface area contributed by atoms with Gasteiger partial charge in [-0.15, -0.1) is 0 Å². The molecule has 3 rings (SSSR count). The molecule has 0 aliphatic heterocycles. The lowest BCUT2D eigenvalue weighted by atomic mass is 10.1. The average molecular weight is 253 g/mol. The normalized spacial score (nSPS) is 20.9. The lowest BCUT2D eigenvalue weighted by Gasteiger charge is -2.05. The van der Waals surface area contributed by atoms with Gasteiger partial charge >= 0.3 is 5.97 Å². The van der Waals surface area contributed by atoms with Gasteiger partial charge in [0.25, 0.3) is 0 Å². The van der Waals surface area contributed by atoms with E-state index in [4.69, 9.17) is 10.5 Å². The van der Waals surface area contributed by atoms with E-state index in [1.165, 1.54) is 5.56 Å². The summed E-state index contributed by atoms with van der Waals surface area (Å²) in [6.07, 6.45) is 1.04. The fourth-order valence-corrected chi connectivity index (χ4v) is 2.12. The summed E-state index contributed by atoms with van der Waals surface area (Å²) in [5.74, 6) is 0.696. The fourth-order valence-electron chi connectivity index (χ4n) is 2.12. The van der Waals surface area contributed by atoms with Crippen LogP contribution in [0.15, 0.2) is 54.6 Å². The zero-order valence-corrected chi connectivity index (χ0v) is 10.5. The highest BCUT2D eigenvalue weighted by atomic mass is 16.5. The molecule has 3 heteroatoms. The summed E-state index contributed by atoms with van der Waals surface area (Å²) in [7, 11) is 0. The van der Waals surface area contributed by atoms with Gasteiger partial charge in [-0.25, -0.2) is 4.79 Å². The van der Waals surface area contributed by atoms with E-state index in [2.05, 4.69) is 0 Å². The van der Waals surface area contributed by atoms with E-state index in [0.29, 0.717) is 17.2 Å². The second-order valence-corrected chi connectivity index (χ2v) is 4.83. The topological polar surface area (TPSA) is 52.3 Å². The van der Waals surface area contributed by atoms with E-state index in [9.17, 15) is 4.79 Å². The SMILES string of the molecule is NC1CC1c1ccc(OC(=O)c2ccccc2)cc1. The van der Waals surface area contributed by atoms with Crippen LogP contribution in [0.4, 0.5) is 0 Å². The summed E-state index contributed by atoms with van der Waals surface area (Å²) in [6.45, 7) is 0. The first kappa shape index (κ1) is 11.9. The Morgan fingerprint density at radius 2 is 1.68 bits per heavy atom. The van der Waals surface area contributed by atoms with Gasteiger partial charge in [0.2, 0.25) is 0 Å². The second kappa shape index (κ2) is 4.86. The van der Waals surface area contributed by atoms with Crippen LogP contribution in [0.3, 0.4) is 0 Å². The van der Waals surface area contributed by atoms with E-state index in [1.54, 1.807) is 12.1 Å². The van der Waals surface area contributed by atoms with Crippen molar-refractivity contribution < 1.29 is 9.53 Å². The molecule has 1 saturated carbocycles. The van der Waals surface area contributed by atoms with Crippen LogP contribution >= 0.6 is 0 Å². The molecule has 2 aromatic carbocycles. The van der Waals surface area contributed by atoms with Crippen LogP contribution in [-0.2, 0) is 0 Å². The van der Waals surface area contributed by atoms with E-state index in [-0.39, 0.29) is 12.0 Å². The van der Waals surface area contributed by atoms with Crippen LogP contribution in [0.2, 0.25) is 0 Å². The Kier molecular flexibility index (Phi) is 3.05. The molecule has 2 N–H and O–H groups in total. The number of ether oxygens (including phenoxy) is 1. The Hall–Kier alpha value is -2.13. The first-order valence-corrected chi connectivity index (χ1v) is 6.37. The molecule has 1 aliphatic carbocycles. The van der Waals surface area contributed by atoms with Crippen LogP contribution in [0, 0.1) is 0 Å². The summed E-state index contributed by atoms with van der Waals surface area (Å²) >= 11 is 0. The average Bonchev–Trinajstić information content (AvgIpc) is 3.18. The van der Waals surface area contributed by atoms with Crippen molar-refractivity contribution in [1.82, 2.24) is 0 Å². The van der Waals surface area contributed by atoms with Gasteiger partial charge < -0.3 is 10.5 Å². The predicted molar refractivity (Wildman–Crippen MR) is 73.2 cm³/mol. The minimum absolute atomic E-state index is 0.290. The smallest absolute Gasteiger partial charge is 0.343 e. The summed E-state index contributed by atoms with van der Waals surface area (Å²) in [5, 5.41) is 0. The number of benzene rings is 2. The zero-order valence-electron chi connectivity index (χ0n) is 10.5. The summed E-state index contributed by atoms with van der Waals surface area (Å²) in [6, 6.07) is 16.9. The number of rotatable bonds is 3. The molecule has 0 aromatic heterocycles. The number of hydrogen-bond acceptors (Lipinski definition) is 3. The van der Waals surface area contributed by atoms with Crippen LogP contribution in [0.1, 0.15) is 28.3 Å². The zero-order chi connectivity index (χ0) is 13.2. The molecule has 19 heavy (non-hydrogen) atoms. The van der Waals surface area contributed by atoms with Crippen molar-refractivity contribution in [3.8, 4) is 5.75 Å². The molecule has 0 spiro atoms. The lowest BCUT2D eigenvalue weighted by molar-refractivity contribution is 0.0734. The molecule has 1 aliphatic rings. The monoisotopic (exact) mass is 253 g/mol. The van der Waals surface area contributed by atoms with E-state index >= 15 is 0 Å². The van der Waals surface area contributed by atoms with Gasteiger partial charge in [-0.05, 0) is 36.2 Å². The summed E-state index contributed by atoms with van der Waals surface area (Å²) < 4.78 is 5.31. The molecule has 2 aromatic rings. The van der Waals surface area contributed by atoms with Gasteiger partial charge in [0.15, 0.2) is 0 Å². The third-order valence-electron chi connectivity index (χ3n) is 3.37. The van der Waals surface area contributed by atoms with Crippen molar-refractivity contribution in [3.63, 3.8) is 0 Å². The molecule has 0 bridgehead atoms. The molecule has 0 saturated heterocycles. The number of esters is 1. The minimum atomic E-state index is -0.337. The third-order valence-corrected chi connectivity index (χ3v) is 3.37. The third kappa shape index (κ3) is 2.66. The maximum atomic E-state index is 11.9. The van der Waals surface area contributed by atoms with Gasteiger partial charge in [-0.1, -0.05) is 30.3 Å². The Morgan fingerprint density at radius 3 is 2.26 bits per heavy atom. The Balaban J connectivity index is 1.68. The Morgan fingerprint density at radius 1 is 1.05 bits per heavy atom. The predicted octanol–water partition coefficient (Wildman–Crippen LogP) is 2.72. The Bertz CT molecular complexity index is 577. The molecular formula is C16H15NO2. The van der Waals surface area contributed by atoms with Gasteiger partial charge in [0, 0.05) is 12.0 Å². The molecule has 2 atom stereocenters. The van der Waals surface area contributed by atoms with Crippen LogP contribution in [-0.4, -0.2) is 12.0 Å². The summed E-state index contributed by atoms with van der Waals surface area (Å²) in [5.41, 5.74) is 7.57. The largest absolute Gasteiger partial charge is 0.423 e. The van der Waals surface area contributed by atoms with Gasteiger partial charge in [0.1, 0.15) is 5.75 Å². The van der Waals surface area contributed by atoms with Crippen molar-refractivity contribution in [2.24, 2.45) is 5.73 Å². The van der Waals surface area contributed by atoms with Crippen molar-refractivity contribution >= 4 is 5.97 Å². The molecule has 3 nitrogen and oxygen atoms in total. The van der Waals surface area contributed by atoms with Gasteiger partial charge in [0.05, 0.1) is 5.56 Å². The minimum Gasteiger partial charge on any atom is -0.423 e.